The van der Waals surface area contributed by atoms with Crippen molar-refractivity contribution in [2.45, 2.75) is 13.0 Å². The van der Waals surface area contributed by atoms with Crippen molar-refractivity contribution in [3.05, 3.63) is 101 Å². The van der Waals surface area contributed by atoms with Gasteiger partial charge in [0.1, 0.15) is 18.2 Å². The molecule has 5 heteroatoms. The summed E-state index contributed by atoms with van der Waals surface area (Å²) in [7, 11) is 1.56. The van der Waals surface area contributed by atoms with Crippen LogP contribution in [0.3, 0.4) is 0 Å². The number of ether oxygens (including phenoxy) is 2. The van der Waals surface area contributed by atoms with Gasteiger partial charge in [0, 0.05) is 6.54 Å². The first-order chi connectivity index (χ1) is 15.2. The molecule has 0 aliphatic carbocycles. The maximum Gasteiger partial charge on any atom is 0.261 e. The molecule has 3 aromatic carbocycles. The predicted molar refractivity (Wildman–Crippen MR) is 121 cm³/mol. The first-order valence-corrected chi connectivity index (χ1v) is 9.98. The third-order valence-electron chi connectivity index (χ3n) is 4.64. The molecule has 0 aliphatic heterocycles. The summed E-state index contributed by atoms with van der Waals surface area (Å²) in [6, 6.07) is 27.0. The lowest BCUT2D eigenvalue weighted by Crippen LogP contribution is -2.26. The summed E-state index contributed by atoms with van der Waals surface area (Å²) in [5.41, 5.74) is 2.89. The van der Waals surface area contributed by atoms with Gasteiger partial charge in [0.2, 0.25) is 0 Å². The highest BCUT2D eigenvalue weighted by Gasteiger charge is 2.11. The Morgan fingerprint density at radius 2 is 1.65 bits per heavy atom. The summed E-state index contributed by atoms with van der Waals surface area (Å²) in [5, 5.41) is 12.2. The van der Waals surface area contributed by atoms with E-state index in [9.17, 15) is 10.1 Å². The molecule has 0 unspecified atom stereocenters. The predicted octanol–water partition coefficient (Wildman–Crippen LogP) is 4.54. The van der Waals surface area contributed by atoms with Crippen molar-refractivity contribution in [3.8, 4) is 17.6 Å². The van der Waals surface area contributed by atoms with Crippen LogP contribution in [0.15, 0.2) is 84.4 Å². The number of carbonyl (C=O) groups excluding carboxylic acids is 1. The average molecular weight is 412 g/mol. The number of nitrogens with one attached hydrogen (secondary N) is 1. The van der Waals surface area contributed by atoms with Gasteiger partial charge in [-0.3, -0.25) is 4.79 Å². The third-order valence-corrected chi connectivity index (χ3v) is 4.64. The fraction of sp³-hybridized carbons (Fsp3) is 0.154. The molecule has 0 radical (unpaired) electrons. The number of carbonyl (C=O) groups is 1. The van der Waals surface area contributed by atoms with E-state index in [1.165, 1.54) is 0 Å². The Kier molecular flexibility index (Phi) is 7.84. The summed E-state index contributed by atoms with van der Waals surface area (Å²) < 4.78 is 11.3. The smallest absolute Gasteiger partial charge is 0.261 e. The second kappa shape index (κ2) is 11.2. The zero-order valence-corrected chi connectivity index (χ0v) is 17.4. The summed E-state index contributed by atoms with van der Waals surface area (Å²) in [5.74, 6) is 0.725. The lowest BCUT2D eigenvalue weighted by molar-refractivity contribution is -0.117. The molecule has 1 amide bonds. The first kappa shape index (κ1) is 21.7. The SMILES string of the molecule is COc1cc(/C=C(\C#N)C(=O)NCCc2ccccc2)ccc1OCc1ccccc1. The highest BCUT2D eigenvalue weighted by atomic mass is 16.5. The van der Waals surface area contributed by atoms with Crippen molar-refractivity contribution >= 4 is 12.0 Å². The molecule has 1 N–H and O–H groups in total. The number of nitrogens with zero attached hydrogens (tertiary/aromatic N) is 1. The molecule has 0 aromatic heterocycles. The number of hydrogen-bond donors (Lipinski definition) is 1. The van der Waals surface area contributed by atoms with E-state index in [1.54, 1.807) is 31.4 Å². The van der Waals surface area contributed by atoms with Gasteiger partial charge in [0.15, 0.2) is 11.5 Å². The molecule has 31 heavy (non-hydrogen) atoms. The fourth-order valence-electron chi connectivity index (χ4n) is 3.00. The largest absolute Gasteiger partial charge is 0.493 e. The monoisotopic (exact) mass is 412 g/mol. The minimum atomic E-state index is -0.401. The molecule has 5 nitrogen and oxygen atoms in total. The van der Waals surface area contributed by atoms with Crippen LogP contribution in [0.5, 0.6) is 11.5 Å². The Morgan fingerprint density at radius 1 is 0.968 bits per heavy atom. The highest BCUT2D eigenvalue weighted by Crippen LogP contribution is 2.29. The van der Waals surface area contributed by atoms with E-state index < -0.39 is 5.91 Å². The summed E-state index contributed by atoms with van der Waals surface area (Å²) in [6.07, 6.45) is 2.24. The van der Waals surface area contributed by atoms with Crippen LogP contribution in [-0.4, -0.2) is 19.6 Å². The van der Waals surface area contributed by atoms with Gasteiger partial charge in [-0.25, -0.2) is 0 Å². The summed E-state index contributed by atoms with van der Waals surface area (Å²) >= 11 is 0. The van der Waals surface area contributed by atoms with Crippen LogP contribution in [0.25, 0.3) is 6.08 Å². The van der Waals surface area contributed by atoms with Crippen molar-refractivity contribution in [1.29, 1.82) is 5.26 Å². The normalized spacial score (nSPS) is 10.8. The van der Waals surface area contributed by atoms with Gasteiger partial charge >= 0.3 is 0 Å². The lowest BCUT2D eigenvalue weighted by atomic mass is 10.1. The highest BCUT2D eigenvalue weighted by molar-refractivity contribution is 6.01. The van der Waals surface area contributed by atoms with Crippen LogP contribution in [0.1, 0.15) is 16.7 Å². The van der Waals surface area contributed by atoms with Gasteiger partial charge in [0.05, 0.1) is 7.11 Å². The molecular weight excluding hydrogens is 388 g/mol. The fourth-order valence-corrected chi connectivity index (χ4v) is 3.00. The van der Waals surface area contributed by atoms with Crippen LogP contribution in [0.2, 0.25) is 0 Å². The van der Waals surface area contributed by atoms with Crippen molar-refractivity contribution in [3.63, 3.8) is 0 Å². The Labute approximate surface area is 182 Å². The molecule has 0 saturated heterocycles. The quantitative estimate of drug-likeness (QED) is 0.414. The molecule has 0 saturated carbocycles. The number of benzene rings is 3. The Bertz CT molecular complexity index is 1070. The second-order valence-electron chi connectivity index (χ2n) is 6.85. The molecule has 0 aliphatic rings. The molecule has 0 spiro atoms. The van der Waals surface area contributed by atoms with E-state index in [0.29, 0.717) is 36.6 Å². The van der Waals surface area contributed by atoms with E-state index >= 15 is 0 Å². The maximum absolute atomic E-state index is 12.4. The number of nitriles is 1. The molecule has 156 valence electrons. The maximum atomic E-state index is 12.4. The summed E-state index contributed by atoms with van der Waals surface area (Å²) in [6.45, 7) is 0.872. The zero-order chi connectivity index (χ0) is 21.9. The standard InChI is InChI=1S/C26H24N2O3/c1-30-25-17-22(12-13-24(25)31-19-21-10-6-3-7-11-21)16-23(18-27)26(29)28-15-14-20-8-4-2-5-9-20/h2-13,16-17H,14-15,19H2,1H3,(H,28,29)/b23-16+. The molecular formula is C26H24N2O3. The Morgan fingerprint density at radius 3 is 2.29 bits per heavy atom. The lowest BCUT2D eigenvalue weighted by Gasteiger charge is -2.11. The minimum Gasteiger partial charge on any atom is -0.493 e. The van der Waals surface area contributed by atoms with E-state index in [2.05, 4.69) is 5.32 Å². The average Bonchev–Trinajstić information content (AvgIpc) is 2.82. The van der Waals surface area contributed by atoms with Gasteiger partial charge in [-0.1, -0.05) is 66.7 Å². The molecule has 0 bridgehead atoms. The van der Waals surface area contributed by atoms with Gasteiger partial charge in [-0.2, -0.15) is 5.26 Å². The van der Waals surface area contributed by atoms with E-state index in [-0.39, 0.29) is 5.57 Å². The molecule has 3 aromatic rings. The Balaban J connectivity index is 1.64. The summed E-state index contributed by atoms with van der Waals surface area (Å²) in [4.78, 5) is 12.4. The van der Waals surface area contributed by atoms with Gasteiger partial charge in [-0.05, 0) is 41.3 Å². The molecule has 3 rings (SSSR count). The van der Waals surface area contributed by atoms with Gasteiger partial charge in [-0.15, -0.1) is 0 Å². The number of amides is 1. The number of methoxy groups -OCH3 is 1. The van der Waals surface area contributed by atoms with Crippen LogP contribution < -0.4 is 14.8 Å². The van der Waals surface area contributed by atoms with Crippen LogP contribution >= 0.6 is 0 Å². The topological polar surface area (TPSA) is 71.3 Å². The third kappa shape index (κ3) is 6.48. The van der Waals surface area contributed by atoms with E-state index in [0.717, 1.165) is 11.1 Å². The van der Waals surface area contributed by atoms with Crippen molar-refractivity contribution in [2.75, 3.05) is 13.7 Å². The van der Waals surface area contributed by atoms with E-state index in [4.69, 9.17) is 9.47 Å². The first-order valence-electron chi connectivity index (χ1n) is 9.98. The Hall–Kier alpha value is -4.04. The van der Waals surface area contributed by atoms with Crippen molar-refractivity contribution in [1.82, 2.24) is 5.32 Å². The molecule has 0 atom stereocenters. The van der Waals surface area contributed by atoms with E-state index in [1.807, 2.05) is 66.7 Å². The van der Waals surface area contributed by atoms with Crippen molar-refractivity contribution in [2.24, 2.45) is 0 Å². The van der Waals surface area contributed by atoms with Crippen molar-refractivity contribution < 1.29 is 14.3 Å². The second-order valence-corrected chi connectivity index (χ2v) is 6.85. The molecule has 0 heterocycles. The van der Waals surface area contributed by atoms with Crippen LogP contribution in [0, 0.1) is 11.3 Å². The van der Waals surface area contributed by atoms with Gasteiger partial charge in [0.25, 0.3) is 5.91 Å². The molecule has 0 fully saturated rings. The minimum absolute atomic E-state index is 0.0352. The van der Waals surface area contributed by atoms with Crippen LogP contribution in [-0.2, 0) is 17.8 Å². The van der Waals surface area contributed by atoms with Crippen LogP contribution in [0.4, 0.5) is 0 Å². The number of rotatable bonds is 9. The zero-order valence-electron chi connectivity index (χ0n) is 17.4. The number of hydrogen-bond acceptors (Lipinski definition) is 4. The van der Waals surface area contributed by atoms with Gasteiger partial charge < -0.3 is 14.8 Å².